The van der Waals surface area contributed by atoms with Crippen LogP contribution in [0.25, 0.3) is 0 Å². The molecule has 0 aromatic heterocycles. The number of ether oxygens (including phenoxy) is 1. The van der Waals surface area contributed by atoms with E-state index in [1.807, 2.05) is 66.9 Å². The van der Waals surface area contributed by atoms with Gasteiger partial charge in [-0.2, -0.15) is 11.8 Å². The van der Waals surface area contributed by atoms with E-state index in [9.17, 15) is 43.5 Å². The minimum absolute atomic E-state index is 0.0345. The summed E-state index contributed by atoms with van der Waals surface area (Å²) in [6.07, 6.45) is 4.08. The quantitative estimate of drug-likeness (QED) is 0.121. The first kappa shape index (κ1) is 50.7. The topological polar surface area (TPSA) is 241 Å². The molecule has 7 amide bonds. The molecule has 0 unspecified atom stereocenters. The summed E-state index contributed by atoms with van der Waals surface area (Å²) in [4.78, 5) is 109. The molecule has 2 aromatic carbocycles. The van der Waals surface area contributed by atoms with Crippen molar-refractivity contribution in [3.63, 3.8) is 0 Å². The molecule has 7 N–H and O–H groups in total. The number of hydrogen-bond donors (Lipinski definition) is 7. The number of likely N-dealkylation sites (N-methyl/N-ethyl adjacent to an activating group) is 1. The fourth-order valence-electron chi connectivity index (χ4n) is 6.86. The zero-order valence-electron chi connectivity index (χ0n) is 36.3. The number of carboxylic acid groups (broad SMARTS) is 1. The molecule has 18 heteroatoms. The lowest BCUT2D eigenvalue weighted by Gasteiger charge is -2.32. The Hall–Kier alpha value is -5.65. The Bertz CT molecular complexity index is 1800. The number of thioether (sulfide) groups is 1. The summed E-state index contributed by atoms with van der Waals surface area (Å²) in [6, 6.07) is 10.5. The van der Waals surface area contributed by atoms with Crippen LogP contribution in [0.3, 0.4) is 0 Å². The Morgan fingerprint density at radius 2 is 1.42 bits per heavy atom. The first-order valence-corrected chi connectivity index (χ1v) is 22.5. The molecule has 7 atom stereocenters. The molecule has 0 saturated carbocycles. The summed E-state index contributed by atoms with van der Waals surface area (Å²) in [5.74, 6) is -5.18. The third-order valence-electron chi connectivity index (χ3n) is 10.8. The van der Waals surface area contributed by atoms with Gasteiger partial charge in [-0.25, -0.2) is 9.59 Å². The van der Waals surface area contributed by atoms with Crippen molar-refractivity contribution in [1.29, 1.82) is 0 Å². The van der Waals surface area contributed by atoms with Gasteiger partial charge < -0.3 is 46.6 Å². The molecule has 2 aromatic rings. The zero-order chi connectivity index (χ0) is 45.6. The minimum atomic E-state index is -1.33. The number of carboxylic acids is 1. The third kappa shape index (κ3) is 17.0. The Balaban J connectivity index is 2.06. The second-order valence-corrected chi connectivity index (χ2v) is 16.4. The number of rotatable bonds is 16. The predicted octanol–water partition coefficient (Wildman–Crippen LogP) is 2.32. The molecular formula is C44H63N7O10S. The second-order valence-electron chi connectivity index (χ2n) is 15.4. The van der Waals surface area contributed by atoms with Gasteiger partial charge in [0.15, 0.2) is 0 Å². The zero-order valence-corrected chi connectivity index (χ0v) is 37.1. The van der Waals surface area contributed by atoms with E-state index in [0.717, 1.165) is 11.1 Å². The largest absolute Gasteiger partial charge is 0.480 e. The molecule has 1 saturated heterocycles. The maximum atomic E-state index is 14.6. The van der Waals surface area contributed by atoms with Gasteiger partial charge in [0.05, 0.1) is 0 Å². The molecular weight excluding hydrogens is 819 g/mol. The average molecular weight is 882 g/mol. The van der Waals surface area contributed by atoms with E-state index in [1.165, 1.54) is 30.6 Å². The van der Waals surface area contributed by atoms with Crippen molar-refractivity contribution in [2.75, 3.05) is 32.2 Å². The Morgan fingerprint density at radius 3 is 2.00 bits per heavy atom. The van der Waals surface area contributed by atoms with Crippen molar-refractivity contribution in [1.82, 2.24) is 36.8 Å². The lowest BCUT2D eigenvalue weighted by molar-refractivity contribution is -0.146. The van der Waals surface area contributed by atoms with Gasteiger partial charge in [0.25, 0.3) is 0 Å². The molecule has 3 rings (SSSR count). The number of carbonyl (C=O) groups excluding carboxylic acids is 7. The van der Waals surface area contributed by atoms with Crippen molar-refractivity contribution in [2.24, 2.45) is 5.92 Å². The fourth-order valence-corrected chi connectivity index (χ4v) is 7.33. The van der Waals surface area contributed by atoms with Crippen LogP contribution in [0.4, 0.5) is 4.79 Å². The molecule has 340 valence electrons. The highest BCUT2D eigenvalue weighted by atomic mass is 32.2. The Kier molecular flexibility index (Phi) is 21.8. The molecule has 1 heterocycles. The molecule has 0 bridgehead atoms. The van der Waals surface area contributed by atoms with E-state index in [2.05, 4.69) is 31.9 Å². The molecule has 62 heavy (non-hydrogen) atoms. The monoisotopic (exact) mass is 881 g/mol. The number of hydrogen-bond acceptors (Lipinski definition) is 10. The Labute approximate surface area is 368 Å². The summed E-state index contributed by atoms with van der Waals surface area (Å²) in [5.41, 5.74) is 1.79. The summed E-state index contributed by atoms with van der Waals surface area (Å²) >= 11 is 1.44. The molecule has 0 aliphatic carbocycles. The number of esters is 1. The summed E-state index contributed by atoms with van der Waals surface area (Å²) in [6.45, 7) is 4.21. The molecule has 0 radical (unpaired) electrons. The smallest absolute Gasteiger partial charge is 0.326 e. The number of benzene rings is 2. The minimum Gasteiger partial charge on any atom is -0.480 e. The van der Waals surface area contributed by atoms with Crippen molar-refractivity contribution >= 4 is 59.3 Å². The normalized spacial score (nSPS) is 21.9. The second kappa shape index (κ2) is 26.6. The maximum absolute atomic E-state index is 14.6. The number of aliphatic carboxylic acids is 1. The van der Waals surface area contributed by atoms with Crippen LogP contribution in [-0.2, 0) is 51.1 Å². The summed E-state index contributed by atoms with van der Waals surface area (Å²) in [5, 5.41) is 25.9. The van der Waals surface area contributed by atoms with E-state index < -0.39 is 96.3 Å². The van der Waals surface area contributed by atoms with Crippen LogP contribution < -0.4 is 31.9 Å². The van der Waals surface area contributed by atoms with Crippen molar-refractivity contribution in [3.05, 3.63) is 71.8 Å². The van der Waals surface area contributed by atoms with E-state index in [0.29, 0.717) is 31.4 Å². The van der Waals surface area contributed by atoms with Crippen LogP contribution in [0, 0.1) is 5.92 Å². The standard InChI is InChI=1S/C44H63N7O10S/c1-6-28(2)37(43(58)59)50-44(60)49-32-19-13-14-25-45-38(53)35(27-61-29(3)52)48-41(56)36(23-21-31-17-11-8-12-18-31)51(4)42(57)34(22-20-30-15-9-7-10-16-30)47-40(55)33(24-26-62-5)46-39(32)54/h7-12,15-18,28,32-37H,6,13-14,19-27H2,1-5H3,(H,45,53)(H,46,54)(H,47,55)(H,48,56)(H,58,59)(H2,49,50,60)/t28-,32-,33+,34-,35+,36+,37-/m0/s1. The van der Waals surface area contributed by atoms with Gasteiger partial charge in [0.1, 0.15) is 42.9 Å². The van der Waals surface area contributed by atoms with Crippen LogP contribution in [0.2, 0.25) is 0 Å². The van der Waals surface area contributed by atoms with Gasteiger partial charge in [0, 0.05) is 20.5 Å². The van der Waals surface area contributed by atoms with Crippen LogP contribution in [0.5, 0.6) is 0 Å². The van der Waals surface area contributed by atoms with Gasteiger partial charge in [-0.05, 0) is 80.4 Å². The first-order chi connectivity index (χ1) is 29.6. The van der Waals surface area contributed by atoms with Crippen LogP contribution in [0.15, 0.2) is 60.7 Å². The first-order valence-electron chi connectivity index (χ1n) is 21.1. The van der Waals surface area contributed by atoms with Gasteiger partial charge in [-0.1, -0.05) is 80.9 Å². The van der Waals surface area contributed by atoms with E-state index in [1.54, 1.807) is 13.8 Å². The lowest BCUT2D eigenvalue weighted by Crippen LogP contribution is -2.60. The highest BCUT2D eigenvalue weighted by Gasteiger charge is 2.36. The highest BCUT2D eigenvalue weighted by Crippen LogP contribution is 2.16. The fraction of sp³-hybridized carbons (Fsp3) is 0.545. The molecule has 1 fully saturated rings. The van der Waals surface area contributed by atoms with E-state index in [-0.39, 0.29) is 38.6 Å². The van der Waals surface area contributed by atoms with Crippen LogP contribution >= 0.6 is 11.8 Å². The van der Waals surface area contributed by atoms with Gasteiger partial charge >= 0.3 is 18.0 Å². The summed E-state index contributed by atoms with van der Waals surface area (Å²) < 4.78 is 5.16. The predicted molar refractivity (Wildman–Crippen MR) is 235 cm³/mol. The number of amides is 7. The van der Waals surface area contributed by atoms with Crippen molar-refractivity contribution in [2.45, 2.75) is 115 Å². The number of carbonyl (C=O) groups is 8. The lowest BCUT2D eigenvalue weighted by atomic mass is 9.99. The number of aryl methyl sites for hydroxylation is 2. The summed E-state index contributed by atoms with van der Waals surface area (Å²) in [7, 11) is 1.45. The van der Waals surface area contributed by atoms with Crippen molar-refractivity contribution < 1.29 is 48.2 Å². The number of nitrogens with zero attached hydrogens (tertiary/aromatic N) is 1. The van der Waals surface area contributed by atoms with Crippen LogP contribution in [-0.4, -0.2) is 126 Å². The SMILES string of the molecule is CC[C@H](C)[C@H](NC(=O)N[C@H]1CCCCNC(=O)[C@@H](COC(C)=O)NC(=O)[C@@H](CCc2ccccc2)N(C)C(=O)[C@H](CCc2ccccc2)NC(=O)[C@@H](CCSC)NC1=O)C(=O)O. The third-order valence-corrected chi connectivity index (χ3v) is 11.4. The van der Waals surface area contributed by atoms with Gasteiger partial charge in [-0.3, -0.25) is 28.8 Å². The maximum Gasteiger partial charge on any atom is 0.326 e. The van der Waals surface area contributed by atoms with E-state index in [4.69, 9.17) is 4.74 Å². The number of nitrogens with one attached hydrogen (secondary N) is 6. The van der Waals surface area contributed by atoms with Crippen molar-refractivity contribution in [3.8, 4) is 0 Å². The number of urea groups is 1. The van der Waals surface area contributed by atoms with Gasteiger partial charge in [-0.15, -0.1) is 0 Å². The highest BCUT2D eigenvalue weighted by molar-refractivity contribution is 7.98. The molecule has 1 aliphatic rings. The van der Waals surface area contributed by atoms with Crippen LogP contribution in [0.1, 0.15) is 76.8 Å². The Morgan fingerprint density at radius 1 is 0.823 bits per heavy atom. The molecule has 0 spiro atoms. The molecule has 1 aliphatic heterocycles. The van der Waals surface area contributed by atoms with E-state index >= 15 is 0 Å². The van der Waals surface area contributed by atoms with Gasteiger partial charge in [0.2, 0.25) is 29.5 Å². The molecule has 17 nitrogen and oxygen atoms in total. The average Bonchev–Trinajstić information content (AvgIpc) is 3.25.